The zero-order valence-electron chi connectivity index (χ0n) is 11.5. The highest BCUT2D eigenvalue weighted by Crippen LogP contribution is 2.19. The molecule has 0 saturated carbocycles. The van der Waals surface area contributed by atoms with E-state index in [9.17, 15) is 14.3 Å². The number of aromatic nitrogens is 3. The second-order valence-electron chi connectivity index (χ2n) is 5.04. The van der Waals surface area contributed by atoms with E-state index in [0.717, 1.165) is 0 Å². The van der Waals surface area contributed by atoms with E-state index in [2.05, 4.69) is 15.6 Å². The summed E-state index contributed by atoms with van der Waals surface area (Å²) in [5.41, 5.74) is -0.381. The Balaban J connectivity index is 2.01. The van der Waals surface area contributed by atoms with E-state index in [-0.39, 0.29) is 17.5 Å². The summed E-state index contributed by atoms with van der Waals surface area (Å²) in [7, 11) is 0. The molecule has 0 atom stereocenters. The summed E-state index contributed by atoms with van der Waals surface area (Å²) in [6, 6.07) is 3.89. The minimum Gasteiger partial charge on any atom is -0.384 e. The van der Waals surface area contributed by atoms with Gasteiger partial charge in [0.05, 0.1) is 11.2 Å². The first kappa shape index (κ1) is 15.4. The molecule has 1 heterocycles. The lowest BCUT2D eigenvalue weighted by molar-refractivity contribution is -0.116. The monoisotopic (exact) mass is 312 g/mol. The van der Waals surface area contributed by atoms with E-state index >= 15 is 0 Å². The lowest BCUT2D eigenvalue weighted by Crippen LogP contribution is -2.19. The molecule has 0 spiro atoms. The highest BCUT2D eigenvalue weighted by Gasteiger charge is 2.20. The Labute approximate surface area is 125 Å². The third-order valence-electron chi connectivity index (χ3n) is 2.67. The van der Waals surface area contributed by atoms with Gasteiger partial charge in [0, 0.05) is 5.69 Å². The molecule has 0 fully saturated rings. The molecule has 2 aromatic rings. The summed E-state index contributed by atoms with van der Waals surface area (Å²) < 4.78 is 14.3. The molecule has 0 bridgehead atoms. The van der Waals surface area contributed by atoms with E-state index in [4.69, 9.17) is 11.6 Å². The van der Waals surface area contributed by atoms with Crippen LogP contribution in [0.4, 0.5) is 10.1 Å². The Hall–Kier alpha value is -1.99. The van der Waals surface area contributed by atoms with Gasteiger partial charge < -0.3 is 10.4 Å². The molecule has 6 nitrogen and oxygen atoms in total. The van der Waals surface area contributed by atoms with Gasteiger partial charge in [0.15, 0.2) is 0 Å². The Morgan fingerprint density at radius 3 is 2.81 bits per heavy atom. The maximum absolute atomic E-state index is 13.0. The van der Waals surface area contributed by atoms with Crippen molar-refractivity contribution in [1.29, 1.82) is 0 Å². The van der Waals surface area contributed by atoms with E-state index in [1.54, 1.807) is 13.8 Å². The summed E-state index contributed by atoms with van der Waals surface area (Å²) in [5.74, 6) is -0.925. The summed E-state index contributed by atoms with van der Waals surface area (Å²) in [6.07, 6.45) is 1.48. The molecule has 1 aromatic carbocycles. The SMILES string of the molecule is CC(C)(O)c1cn(CC(=O)Nc2ccc(F)c(Cl)c2)nn1. The molecule has 0 aliphatic carbocycles. The number of aliphatic hydroxyl groups is 1. The van der Waals surface area contributed by atoms with Crippen LogP contribution >= 0.6 is 11.6 Å². The van der Waals surface area contributed by atoms with Crippen molar-refractivity contribution in [2.75, 3.05) is 5.32 Å². The van der Waals surface area contributed by atoms with Gasteiger partial charge in [-0.15, -0.1) is 5.10 Å². The fourth-order valence-corrected chi connectivity index (χ4v) is 1.76. The summed E-state index contributed by atoms with van der Waals surface area (Å²) in [5, 5.41) is 19.8. The van der Waals surface area contributed by atoms with Gasteiger partial charge in [-0.25, -0.2) is 9.07 Å². The number of carbonyl (C=O) groups excluding carboxylic acids is 1. The van der Waals surface area contributed by atoms with Crippen molar-refractivity contribution in [3.8, 4) is 0 Å². The van der Waals surface area contributed by atoms with Crippen molar-refractivity contribution in [2.45, 2.75) is 26.0 Å². The molecule has 8 heteroatoms. The number of rotatable bonds is 4. The number of nitrogens with one attached hydrogen (secondary N) is 1. The highest BCUT2D eigenvalue weighted by atomic mass is 35.5. The van der Waals surface area contributed by atoms with Gasteiger partial charge >= 0.3 is 0 Å². The minimum absolute atomic E-state index is 0.0714. The molecule has 21 heavy (non-hydrogen) atoms. The maximum atomic E-state index is 13.0. The summed E-state index contributed by atoms with van der Waals surface area (Å²) in [6.45, 7) is 3.06. The average Bonchev–Trinajstić information content (AvgIpc) is 2.82. The Kier molecular flexibility index (Phi) is 4.24. The molecule has 1 amide bonds. The second kappa shape index (κ2) is 5.79. The van der Waals surface area contributed by atoms with Gasteiger partial charge in [-0.3, -0.25) is 4.79 Å². The minimum atomic E-state index is -1.13. The third-order valence-corrected chi connectivity index (χ3v) is 2.96. The van der Waals surface area contributed by atoms with Crippen molar-refractivity contribution in [3.63, 3.8) is 0 Å². The molecule has 0 aliphatic rings. The largest absolute Gasteiger partial charge is 0.384 e. The zero-order valence-corrected chi connectivity index (χ0v) is 12.2. The molecule has 0 unspecified atom stereocenters. The van der Waals surface area contributed by atoms with Crippen LogP contribution < -0.4 is 5.32 Å². The van der Waals surface area contributed by atoms with Crippen LogP contribution in [0.3, 0.4) is 0 Å². The van der Waals surface area contributed by atoms with Crippen LogP contribution in [0.1, 0.15) is 19.5 Å². The molecule has 112 valence electrons. The van der Waals surface area contributed by atoms with E-state index in [1.807, 2.05) is 0 Å². The molecule has 2 rings (SSSR count). The fourth-order valence-electron chi connectivity index (χ4n) is 1.58. The highest BCUT2D eigenvalue weighted by molar-refractivity contribution is 6.31. The average molecular weight is 313 g/mol. The quantitative estimate of drug-likeness (QED) is 0.904. The number of hydrogen-bond donors (Lipinski definition) is 2. The van der Waals surface area contributed by atoms with Gasteiger partial charge in [-0.1, -0.05) is 16.8 Å². The molecular formula is C13H14ClFN4O2. The standard InChI is InChI=1S/C13H14ClFN4O2/c1-13(2,21)11-6-19(18-17-11)7-12(20)16-8-3-4-10(15)9(14)5-8/h3-6,21H,7H2,1-2H3,(H,16,20). The second-order valence-corrected chi connectivity index (χ2v) is 5.44. The zero-order chi connectivity index (χ0) is 15.6. The Bertz CT molecular complexity index is 666. The number of benzene rings is 1. The normalized spacial score (nSPS) is 11.5. The van der Waals surface area contributed by atoms with Crippen LogP contribution in [0, 0.1) is 5.82 Å². The van der Waals surface area contributed by atoms with Crippen LogP contribution in [0.2, 0.25) is 5.02 Å². The summed E-state index contributed by atoms with van der Waals surface area (Å²) in [4.78, 5) is 11.8. The molecule has 1 aromatic heterocycles. The topological polar surface area (TPSA) is 80.0 Å². The molecule has 0 aliphatic heterocycles. The lowest BCUT2D eigenvalue weighted by Gasteiger charge is -2.11. The van der Waals surface area contributed by atoms with Crippen molar-refractivity contribution >= 4 is 23.2 Å². The van der Waals surface area contributed by atoms with Gasteiger partial charge in [-0.05, 0) is 32.0 Å². The first-order chi connectivity index (χ1) is 9.75. The van der Waals surface area contributed by atoms with Crippen LogP contribution in [-0.2, 0) is 16.9 Å². The van der Waals surface area contributed by atoms with Gasteiger partial charge in [-0.2, -0.15) is 0 Å². The Morgan fingerprint density at radius 2 is 2.24 bits per heavy atom. The van der Waals surface area contributed by atoms with Crippen molar-refractivity contribution in [2.24, 2.45) is 0 Å². The molecular weight excluding hydrogens is 299 g/mol. The Morgan fingerprint density at radius 1 is 1.52 bits per heavy atom. The number of anilines is 1. The van der Waals surface area contributed by atoms with Crippen LogP contribution in [0.25, 0.3) is 0 Å². The number of hydrogen-bond acceptors (Lipinski definition) is 4. The predicted octanol–water partition coefficient (Wildman–Crippen LogP) is 1.94. The molecule has 0 saturated heterocycles. The molecule has 2 N–H and O–H groups in total. The van der Waals surface area contributed by atoms with Crippen molar-refractivity contribution < 1.29 is 14.3 Å². The molecule has 0 radical (unpaired) electrons. The first-order valence-corrected chi connectivity index (χ1v) is 6.51. The smallest absolute Gasteiger partial charge is 0.246 e. The first-order valence-electron chi connectivity index (χ1n) is 6.13. The van der Waals surface area contributed by atoms with Gasteiger partial charge in [0.25, 0.3) is 0 Å². The maximum Gasteiger partial charge on any atom is 0.246 e. The summed E-state index contributed by atoms with van der Waals surface area (Å²) >= 11 is 5.63. The predicted molar refractivity (Wildman–Crippen MR) is 75.3 cm³/mol. The van der Waals surface area contributed by atoms with E-state index < -0.39 is 11.4 Å². The van der Waals surface area contributed by atoms with Crippen LogP contribution in [-0.4, -0.2) is 26.0 Å². The fraction of sp³-hybridized carbons (Fsp3) is 0.308. The van der Waals surface area contributed by atoms with Gasteiger partial charge in [0.2, 0.25) is 5.91 Å². The van der Waals surface area contributed by atoms with Crippen molar-refractivity contribution in [1.82, 2.24) is 15.0 Å². The number of amides is 1. The van der Waals surface area contributed by atoms with E-state index in [1.165, 1.54) is 29.1 Å². The van der Waals surface area contributed by atoms with Crippen LogP contribution in [0.15, 0.2) is 24.4 Å². The van der Waals surface area contributed by atoms with E-state index in [0.29, 0.717) is 11.4 Å². The number of carbonyl (C=O) groups is 1. The number of halogens is 2. The van der Waals surface area contributed by atoms with Gasteiger partial charge in [0.1, 0.15) is 23.7 Å². The lowest BCUT2D eigenvalue weighted by atomic mass is 10.1. The van der Waals surface area contributed by atoms with Crippen molar-refractivity contribution in [3.05, 3.63) is 40.9 Å². The number of nitrogens with zero attached hydrogens (tertiary/aromatic N) is 3. The van der Waals surface area contributed by atoms with Crippen LogP contribution in [0.5, 0.6) is 0 Å². The third kappa shape index (κ3) is 3.99.